The molecule has 0 amide bonds. The Labute approximate surface area is 119 Å². The number of pyridine rings is 1. The molecule has 1 aromatic heterocycles. The lowest BCUT2D eigenvalue weighted by atomic mass is 10.1. The Hall–Kier alpha value is -2.16. The van der Waals surface area contributed by atoms with E-state index in [0.29, 0.717) is 0 Å². The van der Waals surface area contributed by atoms with Gasteiger partial charge in [0.2, 0.25) is 0 Å². The zero-order valence-electron chi connectivity index (χ0n) is 12.1. The molecule has 3 nitrogen and oxygen atoms in total. The molecular weight excluding hydrogens is 250 g/mol. The summed E-state index contributed by atoms with van der Waals surface area (Å²) in [7, 11) is 0. The number of ether oxygens (including phenoxy) is 1. The third-order valence-electron chi connectivity index (χ3n) is 2.64. The lowest BCUT2D eigenvalue weighted by molar-refractivity contribution is -0.153. The van der Waals surface area contributed by atoms with E-state index in [-0.39, 0.29) is 12.4 Å². The van der Waals surface area contributed by atoms with Crippen molar-refractivity contribution in [2.75, 3.05) is 0 Å². The van der Waals surface area contributed by atoms with Gasteiger partial charge in [-0.05, 0) is 38.5 Å². The van der Waals surface area contributed by atoms with Gasteiger partial charge in [-0.25, -0.2) is 0 Å². The maximum Gasteiger partial charge on any atom is 0.310 e. The number of hydrogen-bond donors (Lipinski definition) is 0. The van der Waals surface area contributed by atoms with Crippen LogP contribution in [0, 0.1) is 0 Å². The van der Waals surface area contributed by atoms with Gasteiger partial charge in [-0.2, -0.15) is 0 Å². The predicted octanol–water partition coefficient (Wildman–Crippen LogP) is 3.98. The van der Waals surface area contributed by atoms with E-state index in [2.05, 4.69) is 4.98 Å². The van der Waals surface area contributed by atoms with Gasteiger partial charge < -0.3 is 4.74 Å². The Kier molecular flexibility index (Phi) is 4.18. The molecule has 0 aliphatic carbocycles. The summed E-state index contributed by atoms with van der Waals surface area (Å²) >= 11 is 0. The highest BCUT2D eigenvalue weighted by Gasteiger charge is 2.14. The molecule has 0 fully saturated rings. The first-order valence-corrected chi connectivity index (χ1v) is 6.67. The molecule has 0 bridgehead atoms. The molecule has 0 atom stereocenters. The zero-order valence-corrected chi connectivity index (χ0v) is 12.1. The van der Waals surface area contributed by atoms with Crippen molar-refractivity contribution in [2.24, 2.45) is 0 Å². The highest BCUT2D eigenvalue weighted by Crippen LogP contribution is 2.15. The van der Waals surface area contributed by atoms with Crippen LogP contribution >= 0.6 is 0 Å². The average Bonchev–Trinajstić information content (AvgIpc) is 2.36. The van der Waals surface area contributed by atoms with Crippen molar-refractivity contribution >= 4 is 22.9 Å². The molecule has 1 heterocycles. The standard InChI is InChI=1S/C17H19NO2/c1-17(2,3)20-16(19)8-4-6-13-9-10-14-7-5-11-18-15(14)12-13/h4-7,9-12H,8H2,1-3H3. The number of esters is 1. The van der Waals surface area contributed by atoms with Crippen LogP contribution in [-0.4, -0.2) is 16.6 Å². The van der Waals surface area contributed by atoms with Crippen LogP contribution in [0.4, 0.5) is 0 Å². The van der Waals surface area contributed by atoms with Crippen LogP contribution in [0.2, 0.25) is 0 Å². The molecular formula is C17H19NO2. The molecule has 0 saturated carbocycles. The number of nitrogens with zero attached hydrogens (tertiary/aromatic N) is 1. The van der Waals surface area contributed by atoms with E-state index in [0.717, 1.165) is 16.5 Å². The molecule has 0 saturated heterocycles. The summed E-state index contributed by atoms with van der Waals surface area (Å²) in [6, 6.07) is 9.98. The van der Waals surface area contributed by atoms with E-state index >= 15 is 0 Å². The third kappa shape index (κ3) is 4.19. The first-order chi connectivity index (χ1) is 9.44. The third-order valence-corrected chi connectivity index (χ3v) is 2.64. The highest BCUT2D eigenvalue weighted by molar-refractivity contribution is 5.81. The molecule has 104 valence electrons. The minimum Gasteiger partial charge on any atom is -0.460 e. The fourth-order valence-corrected chi connectivity index (χ4v) is 1.86. The summed E-state index contributed by atoms with van der Waals surface area (Å²) in [6.07, 6.45) is 5.78. The summed E-state index contributed by atoms with van der Waals surface area (Å²) < 4.78 is 5.24. The molecule has 3 heteroatoms. The molecule has 0 spiro atoms. The van der Waals surface area contributed by atoms with Gasteiger partial charge in [0, 0.05) is 11.6 Å². The van der Waals surface area contributed by atoms with E-state index in [1.54, 1.807) is 6.20 Å². The molecule has 0 aliphatic rings. The van der Waals surface area contributed by atoms with Crippen molar-refractivity contribution in [1.82, 2.24) is 4.98 Å². The van der Waals surface area contributed by atoms with Gasteiger partial charge in [-0.1, -0.05) is 30.4 Å². The Balaban J connectivity index is 2.01. The van der Waals surface area contributed by atoms with Crippen LogP contribution in [0.1, 0.15) is 32.8 Å². The van der Waals surface area contributed by atoms with Crippen molar-refractivity contribution in [2.45, 2.75) is 32.8 Å². The Morgan fingerprint density at radius 2 is 2.10 bits per heavy atom. The van der Waals surface area contributed by atoms with E-state index in [9.17, 15) is 4.79 Å². The quantitative estimate of drug-likeness (QED) is 0.791. The number of rotatable bonds is 3. The van der Waals surface area contributed by atoms with Crippen molar-refractivity contribution in [1.29, 1.82) is 0 Å². The Bertz CT molecular complexity index is 639. The van der Waals surface area contributed by atoms with E-state index in [1.807, 2.05) is 63.3 Å². The van der Waals surface area contributed by atoms with Gasteiger partial charge >= 0.3 is 5.97 Å². The zero-order chi connectivity index (χ0) is 14.6. The van der Waals surface area contributed by atoms with E-state index < -0.39 is 5.60 Å². The maximum atomic E-state index is 11.6. The van der Waals surface area contributed by atoms with Crippen LogP contribution in [0.15, 0.2) is 42.6 Å². The summed E-state index contributed by atoms with van der Waals surface area (Å²) in [5.41, 5.74) is 1.55. The highest BCUT2D eigenvalue weighted by atomic mass is 16.6. The smallest absolute Gasteiger partial charge is 0.310 e. The first kappa shape index (κ1) is 14.3. The van der Waals surface area contributed by atoms with Crippen LogP contribution in [-0.2, 0) is 9.53 Å². The fourth-order valence-electron chi connectivity index (χ4n) is 1.86. The van der Waals surface area contributed by atoms with Crippen molar-refractivity contribution in [3.8, 4) is 0 Å². The topological polar surface area (TPSA) is 39.2 Å². The van der Waals surface area contributed by atoms with Crippen molar-refractivity contribution in [3.63, 3.8) is 0 Å². The van der Waals surface area contributed by atoms with Crippen LogP contribution in [0.25, 0.3) is 17.0 Å². The predicted molar refractivity (Wildman–Crippen MR) is 81.2 cm³/mol. The normalized spacial score (nSPS) is 11.9. The van der Waals surface area contributed by atoms with E-state index in [1.165, 1.54) is 0 Å². The number of fused-ring (bicyclic) bond motifs is 1. The van der Waals surface area contributed by atoms with Crippen molar-refractivity contribution < 1.29 is 9.53 Å². The minimum absolute atomic E-state index is 0.215. The van der Waals surface area contributed by atoms with Gasteiger partial charge in [0.05, 0.1) is 11.9 Å². The second-order valence-corrected chi connectivity index (χ2v) is 5.65. The fraction of sp³-hybridized carbons (Fsp3) is 0.294. The Morgan fingerprint density at radius 1 is 1.30 bits per heavy atom. The van der Waals surface area contributed by atoms with Crippen LogP contribution in [0.3, 0.4) is 0 Å². The first-order valence-electron chi connectivity index (χ1n) is 6.67. The number of hydrogen-bond acceptors (Lipinski definition) is 3. The molecule has 1 aromatic carbocycles. The number of aromatic nitrogens is 1. The molecule has 2 rings (SSSR count). The van der Waals surface area contributed by atoms with E-state index in [4.69, 9.17) is 4.74 Å². The van der Waals surface area contributed by atoms with Gasteiger partial charge in [0.1, 0.15) is 5.60 Å². The largest absolute Gasteiger partial charge is 0.460 e. The van der Waals surface area contributed by atoms with Crippen LogP contribution < -0.4 is 0 Å². The number of carbonyl (C=O) groups excluding carboxylic acids is 1. The summed E-state index contributed by atoms with van der Waals surface area (Å²) in [5, 5.41) is 1.11. The lowest BCUT2D eigenvalue weighted by Crippen LogP contribution is -2.23. The van der Waals surface area contributed by atoms with Crippen LogP contribution in [0.5, 0.6) is 0 Å². The second-order valence-electron chi connectivity index (χ2n) is 5.65. The van der Waals surface area contributed by atoms with Crippen molar-refractivity contribution in [3.05, 3.63) is 48.2 Å². The van der Waals surface area contributed by atoms with Gasteiger partial charge in [0.15, 0.2) is 0 Å². The molecule has 2 aromatic rings. The lowest BCUT2D eigenvalue weighted by Gasteiger charge is -2.18. The molecule has 0 N–H and O–H groups in total. The molecule has 0 aliphatic heterocycles. The summed E-state index contributed by atoms with van der Waals surface area (Å²) in [4.78, 5) is 15.9. The maximum absolute atomic E-state index is 11.6. The minimum atomic E-state index is -0.433. The number of carbonyl (C=O) groups is 1. The second kappa shape index (κ2) is 5.87. The van der Waals surface area contributed by atoms with Gasteiger partial charge in [0.25, 0.3) is 0 Å². The summed E-state index contributed by atoms with van der Waals surface area (Å²) in [5.74, 6) is -0.215. The molecule has 0 radical (unpaired) electrons. The monoisotopic (exact) mass is 269 g/mol. The molecule has 0 unspecified atom stereocenters. The van der Waals surface area contributed by atoms with Gasteiger partial charge in [-0.15, -0.1) is 0 Å². The average molecular weight is 269 g/mol. The SMILES string of the molecule is CC(C)(C)OC(=O)CC=Cc1ccc2cccnc2c1. The number of benzene rings is 1. The Morgan fingerprint density at radius 3 is 2.85 bits per heavy atom. The van der Waals surface area contributed by atoms with Gasteiger partial charge in [-0.3, -0.25) is 9.78 Å². The summed E-state index contributed by atoms with van der Waals surface area (Å²) in [6.45, 7) is 5.59. The molecule has 20 heavy (non-hydrogen) atoms.